The molecule has 0 aliphatic carbocycles. The fraction of sp³-hybridized carbons (Fsp3) is 0.125. The molecule has 31 heavy (non-hydrogen) atoms. The number of carbonyl (C=O) groups excluding carboxylic acids is 1. The maximum absolute atomic E-state index is 12.7. The van der Waals surface area contributed by atoms with Crippen LogP contribution in [0.15, 0.2) is 76.7 Å². The van der Waals surface area contributed by atoms with Crippen molar-refractivity contribution in [1.82, 2.24) is 9.55 Å². The first-order valence-corrected chi connectivity index (χ1v) is 10.9. The average Bonchev–Trinajstić information content (AvgIpc) is 2.80. The van der Waals surface area contributed by atoms with E-state index in [9.17, 15) is 9.59 Å². The summed E-state index contributed by atoms with van der Waals surface area (Å²) in [5.74, 6) is 1.20. The Morgan fingerprint density at radius 3 is 2.32 bits per heavy atom. The van der Waals surface area contributed by atoms with Crippen LogP contribution >= 0.6 is 23.4 Å². The van der Waals surface area contributed by atoms with Crippen molar-refractivity contribution in [2.45, 2.75) is 10.9 Å². The topological polar surface area (TPSA) is 61.2 Å². The van der Waals surface area contributed by atoms with E-state index >= 15 is 0 Å². The Morgan fingerprint density at radius 1 is 1.03 bits per heavy atom. The maximum atomic E-state index is 12.7. The fourth-order valence-corrected chi connectivity index (χ4v) is 4.21. The number of methoxy groups -OCH3 is 1. The van der Waals surface area contributed by atoms with Crippen LogP contribution in [0.5, 0.6) is 5.75 Å². The maximum Gasteiger partial charge on any atom is 0.261 e. The predicted octanol–water partition coefficient (Wildman–Crippen LogP) is 5.12. The molecule has 0 spiro atoms. The number of rotatable bonds is 6. The minimum atomic E-state index is -0.115. The highest BCUT2D eigenvalue weighted by Crippen LogP contribution is 2.24. The molecule has 0 unspecified atom stereocenters. The average molecular weight is 451 g/mol. The van der Waals surface area contributed by atoms with Crippen LogP contribution in [0.25, 0.3) is 10.9 Å². The SMILES string of the molecule is COc1ccc2nc(SCc3ccc(C(=O)c4ccc(Cl)cc4)cc3)n(C)c(=O)c2c1. The minimum absolute atomic E-state index is 0.0510. The number of halogens is 1. The first-order valence-electron chi connectivity index (χ1n) is 9.53. The normalized spacial score (nSPS) is 10.9. The van der Waals surface area contributed by atoms with Gasteiger partial charge in [-0.15, -0.1) is 0 Å². The number of nitrogens with zero attached hydrogens (tertiary/aromatic N) is 2. The van der Waals surface area contributed by atoms with Crippen molar-refractivity contribution in [3.05, 3.63) is 98.8 Å². The highest BCUT2D eigenvalue weighted by molar-refractivity contribution is 7.98. The molecule has 0 radical (unpaired) electrons. The summed E-state index contributed by atoms with van der Waals surface area (Å²) in [6, 6.07) is 19.6. The van der Waals surface area contributed by atoms with Crippen molar-refractivity contribution in [3.63, 3.8) is 0 Å². The van der Waals surface area contributed by atoms with Gasteiger partial charge in [0.05, 0.1) is 18.0 Å². The second-order valence-electron chi connectivity index (χ2n) is 6.96. The molecule has 0 atom stereocenters. The largest absolute Gasteiger partial charge is 0.497 e. The Kier molecular flexibility index (Phi) is 6.11. The van der Waals surface area contributed by atoms with Crippen LogP contribution in [0.1, 0.15) is 21.5 Å². The number of ketones is 1. The molecule has 4 rings (SSSR count). The summed E-state index contributed by atoms with van der Waals surface area (Å²) in [7, 11) is 3.28. The van der Waals surface area contributed by atoms with Crippen LogP contribution in [0.3, 0.4) is 0 Å². The Morgan fingerprint density at radius 2 is 1.68 bits per heavy atom. The van der Waals surface area contributed by atoms with Gasteiger partial charge in [0.1, 0.15) is 5.75 Å². The van der Waals surface area contributed by atoms with E-state index in [-0.39, 0.29) is 11.3 Å². The molecule has 0 aliphatic heterocycles. The summed E-state index contributed by atoms with van der Waals surface area (Å²) in [6.45, 7) is 0. The van der Waals surface area contributed by atoms with Gasteiger partial charge in [0.25, 0.3) is 5.56 Å². The zero-order chi connectivity index (χ0) is 22.0. The minimum Gasteiger partial charge on any atom is -0.497 e. The van der Waals surface area contributed by atoms with Crippen molar-refractivity contribution in [3.8, 4) is 5.75 Å². The molecule has 0 amide bonds. The summed E-state index contributed by atoms with van der Waals surface area (Å²) in [4.78, 5) is 29.9. The molecule has 0 saturated carbocycles. The molecule has 0 fully saturated rings. The van der Waals surface area contributed by atoms with Gasteiger partial charge in [-0.2, -0.15) is 0 Å². The number of benzene rings is 3. The van der Waals surface area contributed by atoms with Crippen LogP contribution in [0.2, 0.25) is 5.02 Å². The van der Waals surface area contributed by atoms with Crippen molar-refractivity contribution < 1.29 is 9.53 Å². The van der Waals surface area contributed by atoms with E-state index in [0.717, 1.165) is 5.56 Å². The van der Waals surface area contributed by atoms with Crippen LogP contribution < -0.4 is 10.3 Å². The van der Waals surface area contributed by atoms with E-state index in [4.69, 9.17) is 16.3 Å². The van der Waals surface area contributed by atoms with Crippen molar-refractivity contribution in [2.75, 3.05) is 7.11 Å². The lowest BCUT2D eigenvalue weighted by molar-refractivity contribution is 0.103. The van der Waals surface area contributed by atoms with Gasteiger partial charge < -0.3 is 4.74 Å². The first kappa shape index (κ1) is 21.2. The van der Waals surface area contributed by atoms with Gasteiger partial charge in [-0.05, 0) is 48.0 Å². The molecule has 5 nitrogen and oxygen atoms in total. The first-order chi connectivity index (χ1) is 15.0. The number of hydrogen-bond acceptors (Lipinski definition) is 5. The smallest absolute Gasteiger partial charge is 0.261 e. The molecular formula is C24H19ClN2O3S. The zero-order valence-corrected chi connectivity index (χ0v) is 18.5. The zero-order valence-electron chi connectivity index (χ0n) is 17.0. The third-order valence-electron chi connectivity index (χ3n) is 4.93. The fourth-order valence-electron chi connectivity index (χ4n) is 3.15. The summed E-state index contributed by atoms with van der Waals surface area (Å²) in [5.41, 5.74) is 2.76. The second kappa shape index (κ2) is 8.96. The predicted molar refractivity (Wildman–Crippen MR) is 124 cm³/mol. The number of hydrogen-bond donors (Lipinski definition) is 0. The number of aromatic nitrogens is 2. The van der Waals surface area contributed by atoms with Gasteiger partial charge in [0.2, 0.25) is 0 Å². The molecule has 1 aromatic heterocycles. The molecule has 0 aliphatic rings. The van der Waals surface area contributed by atoms with Gasteiger partial charge in [-0.3, -0.25) is 14.2 Å². The van der Waals surface area contributed by atoms with Crippen molar-refractivity contribution >= 4 is 40.0 Å². The number of carbonyl (C=O) groups is 1. The summed E-state index contributed by atoms with van der Waals surface area (Å²) in [6.07, 6.45) is 0. The highest BCUT2D eigenvalue weighted by Gasteiger charge is 2.12. The van der Waals surface area contributed by atoms with E-state index in [1.165, 1.54) is 11.8 Å². The van der Waals surface area contributed by atoms with E-state index in [0.29, 0.717) is 43.7 Å². The van der Waals surface area contributed by atoms with Gasteiger partial charge in [0, 0.05) is 29.0 Å². The van der Waals surface area contributed by atoms with E-state index in [2.05, 4.69) is 4.98 Å². The Balaban J connectivity index is 1.51. The van der Waals surface area contributed by atoms with Crippen LogP contribution in [0, 0.1) is 0 Å². The summed E-state index contributed by atoms with van der Waals surface area (Å²) in [5, 5.41) is 1.75. The highest BCUT2D eigenvalue weighted by atomic mass is 35.5. The Labute approximate surface area is 188 Å². The Bertz CT molecular complexity index is 1320. The molecule has 1 heterocycles. The standard InChI is InChI=1S/C24H19ClN2O3S/c1-27-23(29)20-13-19(30-2)11-12-21(20)26-24(27)31-14-15-3-5-16(6-4-15)22(28)17-7-9-18(25)10-8-17/h3-13H,14H2,1-2H3. The number of ether oxygens (including phenoxy) is 1. The third kappa shape index (κ3) is 4.50. The van der Waals surface area contributed by atoms with Gasteiger partial charge in [-0.1, -0.05) is 47.6 Å². The molecule has 0 saturated heterocycles. The van der Waals surface area contributed by atoms with E-state index in [1.54, 1.807) is 61.2 Å². The lowest BCUT2D eigenvalue weighted by Gasteiger charge is -2.10. The van der Waals surface area contributed by atoms with E-state index < -0.39 is 0 Å². The number of fused-ring (bicyclic) bond motifs is 1. The van der Waals surface area contributed by atoms with Gasteiger partial charge >= 0.3 is 0 Å². The van der Waals surface area contributed by atoms with E-state index in [1.807, 2.05) is 24.3 Å². The Hall–Kier alpha value is -3.09. The summed E-state index contributed by atoms with van der Waals surface area (Å²) >= 11 is 7.36. The summed E-state index contributed by atoms with van der Waals surface area (Å²) < 4.78 is 6.75. The van der Waals surface area contributed by atoms with Crippen molar-refractivity contribution in [2.24, 2.45) is 7.05 Å². The number of thioether (sulfide) groups is 1. The lowest BCUT2D eigenvalue weighted by Crippen LogP contribution is -2.20. The molecule has 0 N–H and O–H groups in total. The van der Waals surface area contributed by atoms with Gasteiger partial charge in [0.15, 0.2) is 10.9 Å². The quantitative estimate of drug-likeness (QED) is 0.232. The van der Waals surface area contributed by atoms with Crippen LogP contribution in [0.4, 0.5) is 0 Å². The molecular weight excluding hydrogens is 432 g/mol. The molecule has 7 heteroatoms. The van der Waals surface area contributed by atoms with Gasteiger partial charge in [-0.25, -0.2) is 4.98 Å². The van der Waals surface area contributed by atoms with Crippen LogP contribution in [-0.4, -0.2) is 22.4 Å². The second-order valence-corrected chi connectivity index (χ2v) is 8.34. The third-order valence-corrected chi connectivity index (χ3v) is 6.29. The lowest BCUT2D eigenvalue weighted by atomic mass is 10.0. The molecule has 3 aromatic carbocycles. The molecule has 156 valence electrons. The molecule has 0 bridgehead atoms. The monoisotopic (exact) mass is 450 g/mol. The molecule has 4 aromatic rings. The van der Waals surface area contributed by atoms with Crippen LogP contribution in [-0.2, 0) is 12.8 Å². The van der Waals surface area contributed by atoms with Crippen molar-refractivity contribution in [1.29, 1.82) is 0 Å².